The Balaban J connectivity index is 2.27. The maximum atomic E-state index is 4.20. The predicted molar refractivity (Wildman–Crippen MR) is 65.6 cm³/mol. The molecule has 5 heteroatoms. The van der Waals surface area contributed by atoms with Gasteiger partial charge in [0.2, 0.25) is 5.95 Å². The average molecular weight is 232 g/mol. The molecule has 0 amide bonds. The van der Waals surface area contributed by atoms with Gasteiger partial charge in [0.05, 0.1) is 5.69 Å². The first-order valence-electron chi connectivity index (χ1n) is 4.83. The first-order chi connectivity index (χ1) is 7.81. The van der Waals surface area contributed by atoms with Crippen molar-refractivity contribution < 1.29 is 0 Å². The Morgan fingerprint density at radius 2 is 2.06 bits per heavy atom. The third kappa shape index (κ3) is 2.30. The van der Waals surface area contributed by atoms with Crippen LogP contribution in [0.2, 0.25) is 0 Å². The van der Waals surface area contributed by atoms with Crippen molar-refractivity contribution >= 4 is 23.4 Å². The monoisotopic (exact) mass is 232 g/mol. The molecule has 0 saturated carbocycles. The quantitative estimate of drug-likeness (QED) is 0.600. The minimum Gasteiger partial charge on any atom is -0.317 e. The molecular weight excluding hydrogens is 220 g/mol. The van der Waals surface area contributed by atoms with Gasteiger partial charge >= 0.3 is 0 Å². The minimum atomic E-state index is 0.607. The number of hydrogen-bond acceptors (Lipinski definition) is 4. The Morgan fingerprint density at radius 3 is 2.75 bits per heavy atom. The van der Waals surface area contributed by atoms with E-state index in [0.29, 0.717) is 5.95 Å². The summed E-state index contributed by atoms with van der Waals surface area (Å²) in [4.78, 5) is 5.19. The molecule has 1 heterocycles. The number of aryl methyl sites for hydroxylation is 1. The Kier molecular flexibility index (Phi) is 3.36. The zero-order chi connectivity index (χ0) is 11.4. The summed E-state index contributed by atoms with van der Waals surface area (Å²) in [5, 5.41) is 8.31. The summed E-state index contributed by atoms with van der Waals surface area (Å²) in [6, 6.07) is 7.91. The van der Waals surface area contributed by atoms with Crippen molar-refractivity contribution in [1.29, 1.82) is 0 Å². The fourth-order valence-electron chi connectivity index (χ4n) is 1.27. The number of aromatic nitrogens is 2. The third-order valence-corrected chi connectivity index (χ3v) is 2.91. The van der Waals surface area contributed by atoms with Gasteiger partial charge in [0, 0.05) is 24.3 Å². The zero-order valence-corrected chi connectivity index (χ0v) is 9.98. The van der Waals surface area contributed by atoms with Gasteiger partial charge in [0.1, 0.15) is 0 Å². The lowest BCUT2D eigenvalue weighted by Gasteiger charge is -1.99. The zero-order valence-electron chi connectivity index (χ0n) is 9.16. The summed E-state index contributed by atoms with van der Waals surface area (Å²) >= 11 is 1.66. The summed E-state index contributed by atoms with van der Waals surface area (Å²) in [6.45, 7) is 0. The van der Waals surface area contributed by atoms with E-state index in [-0.39, 0.29) is 0 Å². The van der Waals surface area contributed by atoms with E-state index in [0.717, 1.165) is 10.6 Å². The highest BCUT2D eigenvalue weighted by Gasteiger charge is 1.99. The second kappa shape index (κ2) is 4.94. The molecule has 0 fully saturated rings. The van der Waals surface area contributed by atoms with E-state index in [1.165, 1.54) is 0 Å². The van der Waals surface area contributed by atoms with E-state index in [2.05, 4.69) is 15.2 Å². The first kappa shape index (κ1) is 10.9. The molecule has 1 aromatic carbocycles. The lowest BCUT2D eigenvalue weighted by molar-refractivity contribution is 0.892. The van der Waals surface area contributed by atoms with E-state index < -0.39 is 0 Å². The molecule has 2 rings (SSSR count). The molecule has 16 heavy (non-hydrogen) atoms. The number of azo groups is 1. The highest BCUT2D eigenvalue weighted by atomic mass is 32.2. The van der Waals surface area contributed by atoms with Gasteiger partial charge in [0.15, 0.2) is 0 Å². The fourth-order valence-corrected chi connectivity index (χ4v) is 1.80. The maximum Gasteiger partial charge on any atom is 0.249 e. The summed E-state index contributed by atoms with van der Waals surface area (Å²) in [5.74, 6) is 0.607. The van der Waals surface area contributed by atoms with Crippen molar-refractivity contribution in [2.45, 2.75) is 4.90 Å². The van der Waals surface area contributed by atoms with Crippen LogP contribution in [-0.2, 0) is 7.05 Å². The van der Waals surface area contributed by atoms with Gasteiger partial charge in [-0.1, -0.05) is 12.1 Å². The van der Waals surface area contributed by atoms with Crippen LogP contribution in [0.4, 0.5) is 11.6 Å². The minimum absolute atomic E-state index is 0.607. The molecular formula is C11H12N4S. The molecule has 4 nitrogen and oxygen atoms in total. The number of benzene rings is 1. The maximum absolute atomic E-state index is 4.20. The lowest BCUT2D eigenvalue weighted by atomic mass is 10.3. The van der Waals surface area contributed by atoms with Crippen LogP contribution in [0.15, 0.2) is 51.8 Å². The number of imidazole rings is 1. The molecule has 0 atom stereocenters. The van der Waals surface area contributed by atoms with Crippen molar-refractivity contribution in [3.8, 4) is 0 Å². The molecule has 0 aliphatic heterocycles. The molecule has 0 spiro atoms. The first-order valence-corrected chi connectivity index (χ1v) is 6.06. The molecule has 82 valence electrons. The topological polar surface area (TPSA) is 42.5 Å². The smallest absolute Gasteiger partial charge is 0.249 e. The molecule has 2 aromatic rings. The molecule has 1 aromatic heterocycles. The van der Waals surface area contributed by atoms with Crippen LogP contribution >= 0.6 is 11.8 Å². The van der Waals surface area contributed by atoms with Crippen LogP contribution in [0.3, 0.4) is 0 Å². The van der Waals surface area contributed by atoms with Gasteiger partial charge in [0.25, 0.3) is 0 Å². The SMILES string of the molecule is CSc1ccccc1N=Nc1nccn1C. The van der Waals surface area contributed by atoms with Crippen LogP contribution < -0.4 is 0 Å². The number of nitrogens with zero attached hydrogens (tertiary/aromatic N) is 4. The number of thioether (sulfide) groups is 1. The Morgan fingerprint density at radius 1 is 1.25 bits per heavy atom. The van der Waals surface area contributed by atoms with Gasteiger partial charge in [-0.3, -0.25) is 0 Å². The van der Waals surface area contributed by atoms with Crippen LogP contribution in [0, 0.1) is 0 Å². The van der Waals surface area contributed by atoms with Gasteiger partial charge in [-0.05, 0) is 18.4 Å². The molecule has 0 unspecified atom stereocenters. The van der Waals surface area contributed by atoms with Crippen molar-refractivity contribution in [2.75, 3.05) is 6.26 Å². The molecule has 0 radical (unpaired) electrons. The number of rotatable bonds is 3. The molecule has 0 N–H and O–H groups in total. The molecule has 0 saturated heterocycles. The Bertz CT molecular complexity index is 504. The number of hydrogen-bond donors (Lipinski definition) is 0. The highest BCUT2D eigenvalue weighted by Crippen LogP contribution is 2.28. The summed E-state index contributed by atoms with van der Waals surface area (Å²) in [6.07, 6.45) is 5.57. The summed E-state index contributed by atoms with van der Waals surface area (Å²) in [7, 11) is 1.89. The van der Waals surface area contributed by atoms with Crippen LogP contribution in [-0.4, -0.2) is 15.8 Å². The van der Waals surface area contributed by atoms with E-state index in [1.807, 2.05) is 48.3 Å². The van der Waals surface area contributed by atoms with E-state index in [9.17, 15) is 0 Å². The van der Waals surface area contributed by atoms with Crippen molar-refractivity contribution in [3.63, 3.8) is 0 Å². The fraction of sp³-hybridized carbons (Fsp3) is 0.182. The van der Waals surface area contributed by atoms with Gasteiger partial charge in [-0.2, -0.15) is 0 Å². The van der Waals surface area contributed by atoms with Crippen LogP contribution in [0.1, 0.15) is 0 Å². The van der Waals surface area contributed by atoms with Crippen LogP contribution in [0.25, 0.3) is 0 Å². The van der Waals surface area contributed by atoms with Crippen molar-refractivity contribution in [1.82, 2.24) is 9.55 Å². The third-order valence-electron chi connectivity index (χ3n) is 2.13. The predicted octanol–water partition coefficient (Wildman–Crippen LogP) is 3.56. The standard InChI is InChI=1S/C11H12N4S/c1-15-8-7-12-11(15)14-13-9-5-3-4-6-10(9)16-2/h3-8H,1-2H3. The largest absolute Gasteiger partial charge is 0.317 e. The highest BCUT2D eigenvalue weighted by molar-refractivity contribution is 7.98. The van der Waals surface area contributed by atoms with E-state index in [1.54, 1.807) is 18.0 Å². The molecule has 0 bridgehead atoms. The van der Waals surface area contributed by atoms with E-state index in [4.69, 9.17) is 0 Å². The average Bonchev–Trinajstić information content (AvgIpc) is 2.72. The summed E-state index contributed by atoms with van der Waals surface area (Å²) in [5.41, 5.74) is 0.873. The normalized spacial score (nSPS) is 11.1. The molecule has 0 aliphatic carbocycles. The second-order valence-corrected chi connectivity index (χ2v) is 4.06. The van der Waals surface area contributed by atoms with Crippen molar-refractivity contribution in [3.05, 3.63) is 36.7 Å². The Hall–Kier alpha value is -1.62. The van der Waals surface area contributed by atoms with Gasteiger partial charge in [-0.25, -0.2) is 4.98 Å². The lowest BCUT2D eigenvalue weighted by Crippen LogP contribution is -1.82. The molecule has 0 aliphatic rings. The van der Waals surface area contributed by atoms with Crippen LogP contribution in [0.5, 0.6) is 0 Å². The summed E-state index contributed by atoms with van der Waals surface area (Å²) < 4.78 is 1.82. The van der Waals surface area contributed by atoms with Gasteiger partial charge < -0.3 is 4.57 Å². The van der Waals surface area contributed by atoms with E-state index >= 15 is 0 Å². The van der Waals surface area contributed by atoms with Gasteiger partial charge in [-0.15, -0.1) is 22.0 Å². The second-order valence-electron chi connectivity index (χ2n) is 3.21. The Labute approximate surface area is 98.4 Å². The van der Waals surface area contributed by atoms with Crippen molar-refractivity contribution in [2.24, 2.45) is 17.3 Å².